The molecule has 0 spiro atoms. The molecule has 0 saturated carbocycles. The first kappa shape index (κ1) is 18.0. The highest BCUT2D eigenvalue weighted by Gasteiger charge is 2.22. The van der Waals surface area contributed by atoms with Crippen LogP contribution in [-0.4, -0.2) is 25.7 Å². The third-order valence-corrected chi connectivity index (χ3v) is 4.86. The molecule has 25 heavy (non-hydrogen) atoms. The number of nitrogens with one attached hydrogen (secondary N) is 1. The maximum Gasteiger partial charge on any atom is 0.222 e. The van der Waals surface area contributed by atoms with Crippen molar-refractivity contribution >= 4 is 51.3 Å². The molecule has 1 heterocycles. The van der Waals surface area contributed by atoms with Gasteiger partial charge in [-0.15, -0.1) is 12.6 Å². The van der Waals surface area contributed by atoms with Crippen LogP contribution in [0.2, 0.25) is 0 Å². The summed E-state index contributed by atoms with van der Waals surface area (Å²) in [6, 6.07) is 12.8. The summed E-state index contributed by atoms with van der Waals surface area (Å²) in [5.74, 6) is 1.11. The van der Waals surface area contributed by atoms with E-state index in [0.717, 1.165) is 31.6 Å². The summed E-state index contributed by atoms with van der Waals surface area (Å²) in [6.45, 7) is 1.77. The molecule has 1 saturated heterocycles. The molecular formula is C17H18N2O3S3. The van der Waals surface area contributed by atoms with Gasteiger partial charge in [-0.05, 0) is 37.1 Å². The molecule has 0 unspecified atom stereocenters. The number of thiol groups is 2. The van der Waals surface area contributed by atoms with Gasteiger partial charge in [-0.1, -0.05) is 30.4 Å². The number of rotatable bonds is 6. The van der Waals surface area contributed by atoms with Crippen LogP contribution < -0.4 is 14.4 Å². The van der Waals surface area contributed by atoms with Crippen molar-refractivity contribution < 1.29 is 13.2 Å². The van der Waals surface area contributed by atoms with E-state index in [2.05, 4.69) is 22.3 Å². The number of nitrogens with zero attached hydrogens (tertiary/aromatic N) is 1. The molecule has 1 aliphatic heterocycles. The van der Waals surface area contributed by atoms with Gasteiger partial charge in [-0.2, -0.15) is 0 Å². The monoisotopic (exact) mass is 394 g/mol. The summed E-state index contributed by atoms with van der Waals surface area (Å²) in [4.78, 5) is 2.18. The molecule has 0 bridgehead atoms. The highest BCUT2D eigenvalue weighted by Crippen LogP contribution is 2.42. The fourth-order valence-electron chi connectivity index (χ4n) is 2.82. The maximum absolute atomic E-state index is 11.3. The minimum atomic E-state index is -2.84. The number of ether oxygens (including phenoxy) is 1. The van der Waals surface area contributed by atoms with Crippen molar-refractivity contribution in [2.24, 2.45) is 0 Å². The fourth-order valence-corrected chi connectivity index (χ4v) is 3.43. The lowest BCUT2D eigenvalue weighted by Gasteiger charge is -2.24. The lowest BCUT2D eigenvalue weighted by atomic mass is 10.1. The van der Waals surface area contributed by atoms with Crippen LogP contribution in [0, 0.1) is 0 Å². The molecule has 3 rings (SSSR count). The SMILES string of the molecule is O=[SH](=O)Nc1cc(C(=S)S)cc(N2CCCC2)c1Oc1ccccc1. The van der Waals surface area contributed by atoms with Crippen molar-refractivity contribution in [2.45, 2.75) is 12.8 Å². The molecule has 1 N–H and O–H groups in total. The summed E-state index contributed by atoms with van der Waals surface area (Å²) in [6.07, 6.45) is 2.16. The number of hydrogen-bond acceptors (Lipinski definition) is 5. The first-order valence-corrected chi connectivity index (χ1v) is 9.88. The van der Waals surface area contributed by atoms with E-state index in [1.165, 1.54) is 0 Å². The number of hydrogen-bond donors (Lipinski definition) is 3. The van der Waals surface area contributed by atoms with Gasteiger partial charge < -0.3 is 9.64 Å². The number of thiocarbonyl (C=S) groups is 1. The molecule has 132 valence electrons. The Balaban J connectivity index is 2.14. The minimum Gasteiger partial charge on any atom is -0.453 e. The van der Waals surface area contributed by atoms with Gasteiger partial charge in [0.25, 0.3) is 0 Å². The van der Waals surface area contributed by atoms with Crippen LogP contribution in [0.5, 0.6) is 11.5 Å². The Kier molecular flexibility index (Phi) is 5.82. The Morgan fingerprint density at radius 2 is 1.84 bits per heavy atom. The average molecular weight is 395 g/mol. The fraction of sp³-hybridized carbons (Fsp3) is 0.235. The van der Waals surface area contributed by atoms with Crippen LogP contribution in [-0.2, 0) is 10.9 Å². The Labute approximate surface area is 159 Å². The molecule has 1 fully saturated rings. The van der Waals surface area contributed by atoms with Crippen LogP contribution >= 0.6 is 24.8 Å². The van der Waals surface area contributed by atoms with E-state index in [1.807, 2.05) is 36.4 Å². The van der Waals surface area contributed by atoms with E-state index >= 15 is 0 Å². The minimum absolute atomic E-state index is 0.357. The Hall–Kier alpha value is -1.77. The van der Waals surface area contributed by atoms with E-state index in [1.54, 1.807) is 6.07 Å². The smallest absolute Gasteiger partial charge is 0.222 e. The Morgan fingerprint density at radius 1 is 1.16 bits per heavy atom. The van der Waals surface area contributed by atoms with Gasteiger partial charge in [-0.25, -0.2) is 8.42 Å². The third-order valence-electron chi connectivity index (χ3n) is 3.94. The van der Waals surface area contributed by atoms with E-state index in [-0.39, 0.29) is 0 Å². The number of para-hydroxylation sites is 1. The highest BCUT2D eigenvalue weighted by atomic mass is 32.2. The molecule has 0 aromatic heterocycles. The maximum atomic E-state index is 11.3. The number of benzene rings is 2. The van der Waals surface area contributed by atoms with Crippen LogP contribution in [0.1, 0.15) is 18.4 Å². The molecule has 2 aromatic rings. The van der Waals surface area contributed by atoms with Crippen molar-refractivity contribution in [1.82, 2.24) is 0 Å². The van der Waals surface area contributed by atoms with Crippen LogP contribution in [0.3, 0.4) is 0 Å². The number of anilines is 2. The standard InChI is InChI=1S/C17H18N2O3S3/c20-25(21)18-14-10-12(17(23)24)11-15(19-8-4-5-9-19)16(14)22-13-6-2-1-3-7-13/h1-3,6-7,10-11,25H,4-5,8-9H2,(H,23,24)(H,18,20,21). The summed E-state index contributed by atoms with van der Waals surface area (Å²) < 4.78 is 31.5. The Bertz CT molecular complexity index is 840. The lowest BCUT2D eigenvalue weighted by Crippen LogP contribution is -2.19. The topological polar surface area (TPSA) is 58.6 Å². The molecule has 5 nitrogen and oxygen atoms in total. The zero-order valence-electron chi connectivity index (χ0n) is 13.3. The first-order valence-electron chi connectivity index (χ1n) is 7.85. The molecule has 0 radical (unpaired) electrons. The van der Waals surface area contributed by atoms with Gasteiger partial charge in [0.05, 0.1) is 15.6 Å². The first-order chi connectivity index (χ1) is 12.0. The van der Waals surface area contributed by atoms with E-state index < -0.39 is 10.9 Å². The van der Waals surface area contributed by atoms with Crippen molar-refractivity contribution in [2.75, 3.05) is 22.7 Å². The lowest BCUT2D eigenvalue weighted by molar-refractivity contribution is 0.484. The van der Waals surface area contributed by atoms with Gasteiger partial charge in [-0.3, -0.25) is 4.72 Å². The summed E-state index contributed by atoms with van der Waals surface area (Å²) in [5.41, 5.74) is 1.85. The summed E-state index contributed by atoms with van der Waals surface area (Å²) >= 11 is 9.41. The molecule has 0 amide bonds. The van der Waals surface area contributed by atoms with Crippen molar-refractivity contribution in [1.29, 1.82) is 0 Å². The molecule has 2 aromatic carbocycles. The zero-order chi connectivity index (χ0) is 17.8. The van der Waals surface area contributed by atoms with E-state index in [0.29, 0.717) is 26.9 Å². The molecule has 0 atom stereocenters. The van der Waals surface area contributed by atoms with Gasteiger partial charge in [0, 0.05) is 18.7 Å². The zero-order valence-corrected chi connectivity index (χ0v) is 15.9. The predicted octanol–water partition coefficient (Wildman–Crippen LogP) is 3.62. The molecule has 1 aliphatic rings. The van der Waals surface area contributed by atoms with Gasteiger partial charge >= 0.3 is 0 Å². The van der Waals surface area contributed by atoms with Gasteiger partial charge in [0.2, 0.25) is 10.9 Å². The second-order valence-corrected chi connectivity index (χ2v) is 7.55. The summed E-state index contributed by atoms with van der Waals surface area (Å²) in [7, 11) is -2.84. The Morgan fingerprint density at radius 3 is 2.44 bits per heavy atom. The molecular weight excluding hydrogens is 376 g/mol. The average Bonchev–Trinajstić information content (AvgIpc) is 3.11. The van der Waals surface area contributed by atoms with Crippen LogP contribution in [0.4, 0.5) is 11.4 Å². The van der Waals surface area contributed by atoms with Crippen molar-refractivity contribution in [3.63, 3.8) is 0 Å². The van der Waals surface area contributed by atoms with Crippen LogP contribution in [0.15, 0.2) is 42.5 Å². The predicted molar refractivity (Wildman–Crippen MR) is 109 cm³/mol. The normalized spacial score (nSPS) is 13.9. The van der Waals surface area contributed by atoms with E-state index in [9.17, 15) is 8.42 Å². The van der Waals surface area contributed by atoms with E-state index in [4.69, 9.17) is 17.0 Å². The van der Waals surface area contributed by atoms with Gasteiger partial charge in [0.15, 0.2) is 5.75 Å². The molecule has 8 heteroatoms. The van der Waals surface area contributed by atoms with Crippen LogP contribution in [0.25, 0.3) is 0 Å². The summed E-state index contributed by atoms with van der Waals surface area (Å²) in [5, 5.41) is 0. The quantitative estimate of drug-likeness (QED) is 0.516. The van der Waals surface area contributed by atoms with Crippen molar-refractivity contribution in [3.05, 3.63) is 48.0 Å². The second-order valence-electron chi connectivity index (χ2n) is 5.66. The van der Waals surface area contributed by atoms with Crippen molar-refractivity contribution in [3.8, 4) is 11.5 Å². The second kappa shape index (κ2) is 8.07. The third kappa shape index (κ3) is 4.45. The van der Waals surface area contributed by atoms with Gasteiger partial charge in [0.1, 0.15) is 5.75 Å². The molecule has 0 aliphatic carbocycles. The highest BCUT2D eigenvalue weighted by molar-refractivity contribution is 8.11. The largest absolute Gasteiger partial charge is 0.453 e.